The molecule has 42 valence electrons. The molecule has 2 heteroatoms. The zero-order valence-electron chi connectivity index (χ0n) is 5.73. The minimum Gasteiger partial charge on any atom is -0.347 e. The smallest absolute Gasteiger partial charge is 0.185 e. The van der Waals surface area contributed by atoms with Crippen LogP contribution in [0, 0.1) is 0 Å². The van der Waals surface area contributed by atoms with Gasteiger partial charge in [0.25, 0.3) is 0 Å². The van der Waals surface area contributed by atoms with Crippen LogP contribution < -0.4 is 0 Å². The topological polar surface area (TPSA) is 3.24 Å². The van der Waals surface area contributed by atoms with Gasteiger partial charge >= 0.3 is 0 Å². The monoisotopic (exact) mass is 99.1 g/mol. The molecule has 0 aliphatic heterocycles. The van der Waals surface area contributed by atoms with Gasteiger partial charge in [0, 0.05) is 0 Å². The van der Waals surface area contributed by atoms with Crippen LogP contribution in [-0.2, 0) is 0 Å². The van der Waals surface area contributed by atoms with E-state index in [1.54, 1.807) is 0 Å². The number of hydrogen-bond donors (Lipinski definition) is 0. The van der Waals surface area contributed by atoms with Crippen LogP contribution >= 0.6 is 0 Å². The second-order valence-corrected chi connectivity index (χ2v) is 2.17. The lowest BCUT2D eigenvalue weighted by Crippen LogP contribution is -2.27. The first-order valence-corrected chi connectivity index (χ1v) is 2.88. The van der Waals surface area contributed by atoms with Gasteiger partial charge in [0.2, 0.25) is 0 Å². The van der Waals surface area contributed by atoms with E-state index in [4.69, 9.17) is 0 Å². The van der Waals surface area contributed by atoms with Crippen LogP contribution in [-0.4, -0.2) is 25.4 Å². The molecule has 0 fully saturated rings. The van der Waals surface area contributed by atoms with E-state index in [2.05, 4.69) is 33.6 Å². The Bertz CT molecular complexity index is 45.3. The van der Waals surface area contributed by atoms with E-state index >= 15 is 0 Å². The van der Waals surface area contributed by atoms with Crippen LogP contribution in [0.25, 0.3) is 0 Å². The molecule has 0 saturated heterocycles. The average molecular weight is 99.0 g/mol. The summed E-state index contributed by atoms with van der Waals surface area (Å²) >= 11 is 0. The van der Waals surface area contributed by atoms with Gasteiger partial charge in [0.05, 0.1) is 0 Å². The molecule has 0 N–H and O–H groups in total. The van der Waals surface area contributed by atoms with E-state index in [9.17, 15) is 0 Å². The molecular weight excluding hydrogens is 84.9 g/mol. The third kappa shape index (κ3) is 2.69. The van der Waals surface area contributed by atoms with Crippen molar-refractivity contribution in [1.82, 2.24) is 4.81 Å². The Morgan fingerprint density at radius 3 is 2.00 bits per heavy atom. The molecule has 0 aliphatic rings. The molecule has 1 nitrogen and oxygen atoms in total. The van der Waals surface area contributed by atoms with Crippen molar-refractivity contribution in [3.63, 3.8) is 0 Å². The van der Waals surface area contributed by atoms with E-state index in [0.29, 0.717) is 6.04 Å². The number of hydrogen-bond acceptors (Lipinski definition) is 1. The summed E-state index contributed by atoms with van der Waals surface area (Å²) < 4.78 is 0. The van der Waals surface area contributed by atoms with Crippen molar-refractivity contribution in [2.75, 3.05) is 6.54 Å². The fraction of sp³-hybridized carbons (Fsp3) is 1.00. The van der Waals surface area contributed by atoms with Crippen LogP contribution in [0.1, 0.15) is 20.8 Å². The van der Waals surface area contributed by atoms with Gasteiger partial charge in [-0.15, -0.1) is 0 Å². The van der Waals surface area contributed by atoms with Crippen molar-refractivity contribution in [2.45, 2.75) is 26.8 Å². The van der Waals surface area contributed by atoms with Crippen molar-refractivity contribution in [2.24, 2.45) is 0 Å². The Hall–Kier alpha value is 0.0249. The molecule has 0 heterocycles. The zero-order valence-corrected chi connectivity index (χ0v) is 5.73. The van der Waals surface area contributed by atoms with Gasteiger partial charge in [-0.05, 0) is 12.6 Å². The molecule has 0 atom stereocenters. The van der Waals surface area contributed by atoms with Gasteiger partial charge in [-0.3, -0.25) is 0 Å². The Morgan fingerprint density at radius 1 is 1.57 bits per heavy atom. The van der Waals surface area contributed by atoms with Crippen LogP contribution in [0.15, 0.2) is 0 Å². The summed E-state index contributed by atoms with van der Waals surface area (Å²) in [4.78, 5) is 2.29. The molecule has 7 heavy (non-hydrogen) atoms. The Balaban J connectivity index is 3.14. The highest BCUT2D eigenvalue weighted by molar-refractivity contribution is 6.04. The maximum Gasteiger partial charge on any atom is 0.185 e. The van der Waals surface area contributed by atoms with Crippen molar-refractivity contribution >= 4 is 7.98 Å². The second kappa shape index (κ2) is 3.08. The van der Waals surface area contributed by atoms with Crippen molar-refractivity contribution < 1.29 is 0 Å². The van der Waals surface area contributed by atoms with Crippen molar-refractivity contribution in [3.05, 3.63) is 0 Å². The average Bonchev–Trinajstić information content (AvgIpc) is 1.65. The number of rotatable bonds is 2. The molecule has 0 radical (unpaired) electrons. The summed E-state index contributed by atoms with van der Waals surface area (Å²) in [6.45, 7) is 7.71. The normalized spacial score (nSPS) is 11.0. The molecular formula is C5H14BN. The summed E-state index contributed by atoms with van der Waals surface area (Å²) in [7, 11) is 2.13. The molecule has 0 aromatic rings. The van der Waals surface area contributed by atoms with Gasteiger partial charge in [-0.25, -0.2) is 0 Å². The minimum absolute atomic E-state index is 0.699. The second-order valence-electron chi connectivity index (χ2n) is 2.17. The van der Waals surface area contributed by atoms with E-state index in [1.807, 2.05) is 0 Å². The van der Waals surface area contributed by atoms with E-state index < -0.39 is 0 Å². The summed E-state index contributed by atoms with van der Waals surface area (Å²) in [5.74, 6) is 0. The lowest BCUT2D eigenvalue weighted by Gasteiger charge is -2.18. The van der Waals surface area contributed by atoms with Gasteiger partial charge < -0.3 is 4.81 Å². The van der Waals surface area contributed by atoms with Gasteiger partial charge in [0.1, 0.15) is 0 Å². The third-order valence-electron chi connectivity index (χ3n) is 1.38. The maximum atomic E-state index is 2.29. The fourth-order valence-corrected chi connectivity index (χ4v) is 0.365. The predicted molar refractivity (Wildman–Crippen MR) is 36.1 cm³/mol. The standard InChI is InChI=1S/C5H14BN/c1-4-7(6)5(2)3/h5H,4,6H2,1-3H3. The van der Waals surface area contributed by atoms with Crippen molar-refractivity contribution in [1.29, 1.82) is 0 Å². The summed E-state index contributed by atoms with van der Waals surface area (Å²) in [6, 6.07) is 0.699. The minimum atomic E-state index is 0.699. The first-order valence-electron chi connectivity index (χ1n) is 2.88. The van der Waals surface area contributed by atoms with Crippen LogP contribution in [0.5, 0.6) is 0 Å². The third-order valence-corrected chi connectivity index (χ3v) is 1.38. The first kappa shape index (κ1) is 7.02. The Morgan fingerprint density at radius 2 is 2.00 bits per heavy atom. The lowest BCUT2D eigenvalue weighted by molar-refractivity contribution is 0.399. The highest BCUT2D eigenvalue weighted by atomic mass is 15.0. The molecule has 0 rings (SSSR count). The first-order chi connectivity index (χ1) is 3.18. The van der Waals surface area contributed by atoms with Crippen LogP contribution in [0.2, 0.25) is 0 Å². The molecule has 0 bridgehead atoms. The SMILES string of the molecule is BN(CC)C(C)C. The Kier molecular flexibility index (Phi) is 3.09. The molecule has 0 saturated carbocycles. The lowest BCUT2D eigenvalue weighted by atomic mass is 10.2. The highest BCUT2D eigenvalue weighted by Gasteiger charge is 1.95. The van der Waals surface area contributed by atoms with E-state index in [1.165, 1.54) is 0 Å². The summed E-state index contributed by atoms with van der Waals surface area (Å²) in [5, 5.41) is 0. The summed E-state index contributed by atoms with van der Waals surface area (Å²) in [5.41, 5.74) is 0. The van der Waals surface area contributed by atoms with Crippen molar-refractivity contribution in [3.8, 4) is 0 Å². The summed E-state index contributed by atoms with van der Waals surface area (Å²) in [6.07, 6.45) is 0. The zero-order chi connectivity index (χ0) is 5.86. The quantitative estimate of drug-likeness (QED) is 0.449. The maximum absolute atomic E-state index is 2.29. The fourth-order valence-electron chi connectivity index (χ4n) is 0.365. The van der Waals surface area contributed by atoms with E-state index in [-0.39, 0.29) is 0 Å². The van der Waals surface area contributed by atoms with Gasteiger partial charge in [0.15, 0.2) is 7.98 Å². The largest absolute Gasteiger partial charge is 0.347 e. The Labute approximate surface area is 47.1 Å². The molecule has 0 aromatic heterocycles. The molecule has 0 spiro atoms. The number of nitrogens with zero attached hydrogens (tertiary/aromatic N) is 1. The molecule has 0 amide bonds. The molecule has 0 unspecified atom stereocenters. The predicted octanol–water partition coefficient (Wildman–Crippen LogP) is 0.265. The van der Waals surface area contributed by atoms with Gasteiger partial charge in [-0.2, -0.15) is 0 Å². The van der Waals surface area contributed by atoms with Crippen LogP contribution in [0.3, 0.4) is 0 Å². The highest BCUT2D eigenvalue weighted by Crippen LogP contribution is 1.88. The van der Waals surface area contributed by atoms with E-state index in [0.717, 1.165) is 6.54 Å². The molecule has 0 aromatic carbocycles. The van der Waals surface area contributed by atoms with Crippen LogP contribution in [0.4, 0.5) is 0 Å². The van der Waals surface area contributed by atoms with Gasteiger partial charge in [-0.1, -0.05) is 20.8 Å². The molecule has 0 aliphatic carbocycles.